The summed E-state index contributed by atoms with van der Waals surface area (Å²) in [6, 6.07) is 0. The average molecular weight is 320 g/mol. The molecule has 1 saturated carbocycles. The van der Waals surface area contributed by atoms with Crippen LogP contribution in [0.5, 0.6) is 0 Å². The Bertz CT molecular complexity index is 412. The molecule has 2 nitrogen and oxygen atoms in total. The van der Waals surface area contributed by atoms with Gasteiger partial charge < -0.3 is 0 Å². The van der Waals surface area contributed by atoms with Crippen molar-refractivity contribution in [1.82, 2.24) is 9.78 Å². The number of halogens is 2. The molecule has 1 aromatic rings. The van der Waals surface area contributed by atoms with Crippen LogP contribution in [0, 0.1) is 11.3 Å². The summed E-state index contributed by atoms with van der Waals surface area (Å²) in [6.45, 7) is 4.46. The summed E-state index contributed by atoms with van der Waals surface area (Å²) < 4.78 is 1.96. The molecule has 1 heterocycles. The highest BCUT2D eigenvalue weighted by Gasteiger charge is 2.41. The van der Waals surface area contributed by atoms with Crippen molar-refractivity contribution in [3.8, 4) is 0 Å². The van der Waals surface area contributed by atoms with Crippen LogP contribution in [0.25, 0.3) is 0 Å². The number of alkyl halides is 1. The highest BCUT2D eigenvalue weighted by atomic mass is 79.9. The largest absolute Gasteiger partial charge is 0.271 e. The first-order valence-corrected chi connectivity index (χ1v) is 7.78. The van der Waals surface area contributed by atoms with E-state index in [2.05, 4.69) is 34.9 Å². The van der Waals surface area contributed by atoms with Crippen LogP contribution in [-0.2, 0) is 19.9 Å². The van der Waals surface area contributed by atoms with Crippen LogP contribution in [-0.4, -0.2) is 15.1 Å². The lowest BCUT2D eigenvalue weighted by Gasteiger charge is -2.27. The molecule has 0 amide bonds. The summed E-state index contributed by atoms with van der Waals surface area (Å²) in [5.41, 5.74) is 2.54. The van der Waals surface area contributed by atoms with Crippen molar-refractivity contribution in [2.24, 2.45) is 18.4 Å². The van der Waals surface area contributed by atoms with E-state index in [1.165, 1.54) is 18.5 Å². The maximum Gasteiger partial charge on any atom is 0.0849 e. The third-order valence-electron chi connectivity index (χ3n) is 3.94. The second-order valence-electron chi connectivity index (χ2n) is 5.42. The average Bonchev–Trinajstić information content (AvgIpc) is 3.12. The smallest absolute Gasteiger partial charge is 0.0849 e. The van der Waals surface area contributed by atoms with E-state index in [-0.39, 0.29) is 0 Å². The zero-order chi connectivity index (χ0) is 12.6. The van der Waals surface area contributed by atoms with Gasteiger partial charge in [0.1, 0.15) is 0 Å². The van der Waals surface area contributed by atoms with E-state index in [4.69, 9.17) is 11.6 Å². The molecule has 1 aliphatic rings. The van der Waals surface area contributed by atoms with Crippen molar-refractivity contribution in [1.29, 1.82) is 0 Å². The topological polar surface area (TPSA) is 17.8 Å². The lowest BCUT2D eigenvalue weighted by molar-refractivity contribution is 0.311. The number of hydrogen-bond acceptors (Lipinski definition) is 1. The van der Waals surface area contributed by atoms with Gasteiger partial charge in [-0.3, -0.25) is 4.68 Å². The Morgan fingerprint density at radius 3 is 2.59 bits per heavy atom. The zero-order valence-electron chi connectivity index (χ0n) is 10.8. The molecule has 0 aromatic carbocycles. The summed E-state index contributed by atoms with van der Waals surface area (Å²) >= 11 is 10.1. The minimum absolute atomic E-state index is 0.322. The van der Waals surface area contributed by atoms with E-state index in [9.17, 15) is 0 Å². The molecule has 0 saturated heterocycles. The molecule has 0 aliphatic heterocycles. The molecule has 0 N–H and O–H groups in total. The molecule has 17 heavy (non-hydrogen) atoms. The van der Waals surface area contributed by atoms with Gasteiger partial charge in [-0.15, -0.1) is 0 Å². The van der Waals surface area contributed by atoms with Gasteiger partial charge >= 0.3 is 0 Å². The standard InChI is InChI=1S/C13H20BrClN2/c1-4-10-12(15)11(17(3)16-10)7-13(2,8-14)9-5-6-9/h9H,4-8H2,1-3H3. The molecule has 96 valence electrons. The number of hydrogen-bond donors (Lipinski definition) is 0. The molecule has 0 bridgehead atoms. The van der Waals surface area contributed by atoms with Crippen molar-refractivity contribution in [2.75, 3.05) is 5.33 Å². The maximum atomic E-state index is 6.42. The molecule has 4 heteroatoms. The first-order chi connectivity index (χ1) is 8.01. The van der Waals surface area contributed by atoms with Crippen LogP contribution >= 0.6 is 27.5 Å². The van der Waals surface area contributed by atoms with E-state index >= 15 is 0 Å². The van der Waals surface area contributed by atoms with Crippen LogP contribution in [0.3, 0.4) is 0 Å². The molecular formula is C13H20BrClN2. The van der Waals surface area contributed by atoms with Gasteiger partial charge in [-0.25, -0.2) is 0 Å². The minimum atomic E-state index is 0.322. The highest BCUT2D eigenvalue weighted by Crippen LogP contribution is 2.49. The molecule has 0 radical (unpaired) electrons. The van der Waals surface area contributed by atoms with Crippen LogP contribution in [0.15, 0.2) is 0 Å². The second kappa shape index (κ2) is 4.93. The van der Waals surface area contributed by atoms with E-state index < -0.39 is 0 Å². The predicted molar refractivity (Wildman–Crippen MR) is 75.9 cm³/mol. The summed E-state index contributed by atoms with van der Waals surface area (Å²) in [6.07, 6.45) is 4.64. The van der Waals surface area contributed by atoms with Gasteiger partial charge in [0.2, 0.25) is 0 Å². The molecule has 1 fully saturated rings. The van der Waals surface area contributed by atoms with Gasteiger partial charge in [0.15, 0.2) is 0 Å². The molecule has 1 unspecified atom stereocenters. The van der Waals surface area contributed by atoms with E-state index in [0.29, 0.717) is 5.41 Å². The first-order valence-electron chi connectivity index (χ1n) is 6.28. The van der Waals surface area contributed by atoms with E-state index in [1.54, 1.807) is 0 Å². The minimum Gasteiger partial charge on any atom is -0.271 e. The van der Waals surface area contributed by atoms with E-state index in [0.717, 1.165) is 34.8 Å². The fourth-order valence-corrected chi connectivity index (χ4v) is 3.49. The monoisotopic (exact) mass is 318 g/mol. The summed E-state index contributed by atoms with van der Waals surface area (Å²) in [7, 11) is 2.00. The summed E-state index contributed by atoms with van der Waals surface area (Å²) in [5.74, 6) is 0.845. The van der Waals surface area contributed by atoms with E-state index in [1.807, 2.05) is 11.7 Å². The fraction of sp³-hybridized carbons (Fsp3) is 0.769. The van der Waals surface area contributed by atoms with Gasteiger partial charge in [-0.2, -0.15) is 5.10 Å². The SMILES string of the molecule is CCc1nn(C)c(CC(C)(CBr)C2CC2)c1Cl. The van der Waals surface area contributed by atoms with Crippen molar-refractivity contribution in [3.63, 3.8) is 0 Å². The third kappa shape index (κ3) is 2.55. The fourth-order valence-electron chi connectivity index (χ4n) is 2.48. The Morgan fingerprint density at radius 2 is 2.18 bits per heavy atom. The van der Waals surface area contributed by atoms with Gasteiger partial charge in [0, 0.05) is 12.4 Å². The first kappa shape index (κ1) is 13.4. The van der Waals surface area contributed by atoms with Crippen molar-refractivity contribution >= 4 is 27.5 Å². The van der Waals surface area contributed by atoms with Crippen LogP contribution in [0.2, 0.25) is 5.02 Å². The molecule has 0 spiro atoms. The number of rotatable bonds is 5. The molecular weight excluding hydrogens is 300 g/mol. The number of aryl methyl sites for hydroxylation is 2. The third-order valence-corrected chi connectivity index (χ3v) is 5.66. The summed E-state index contributed by atoms with van der Waals surface area (Å²) in [5, 5.41) is 6.41. The molecule has 2 rings (SSSR count). The molecule has 1 aromatic heterocycles. The number of aromatic nitrogens is 2. The maximum absolute atomic E-state index is 6.42. The lowest BCUT2D eigenvalue weighted by Crippen LogP contribution is -2.25. The van der Waals surface area contributed by atoms with Crippen molar-refractivity contribution in [2.45, 2.75) is 39.5 Å². The Labute approximate surface area is 117 Å². The molecule has 1 atom stereocenters. The van der Waals surface area contributed by atoms with Crippen molar-refractivity contribution in [3.05, 3.63) is 16.4 Å². The zero-order valence-corrected chi connectivity index (χ0v) is 13.1. The predicted octanol–water partition coefficient (Wildman–Crippen LogP) is 3.99. The highest BCUT2D eigenvalue weighted by molar-refractivity contribution is 9.09. The lowest BCUT2D eigenvalue weighted by atomic mass is 9.82. The van der Waals surface area contributed by atoms with Gasteiger partial charge in [0.25, 0.3) is 0 Å². The Kier molecular flexibility index (Phi) is 3.89. The quantitative estimate of drug-likeness (QED) is 0.750. The van der Waals surface area contributed by atoms with Gasteiger partial charge in [-0.1, -0.05) is 41.4 Å². The normalized spacial score (nSPS) is 19.4. The van der Waals surface area contributed by atoms with Crippen LogP contribution < -0.4 is 0 Å². The molecule has 1 aliphatic carbocycles. The second-order valence-corrected chi connectivity index (χ2v) is 6.36. The Hall–Kier alpha value is -0.0200. The van der Waals surface area contributed by atoms with Gasteiger partial charge in [-0.05, 0) is 37.0 Å². The number of nitrogens with zero attached hydrogens (tertiary/aromatic N) is 2. The van der Waals surface area contributed by atoms with Crippen LogP contribution in [0.4, 0.5) is 0 Å². The Balaban J connectivity index is 2.25. The summed E-state index contributed by atoms with van der Waals surface area (Å²) in [4.78, 5) is 0. The Morgan fingerprint density at radius 1 is 1.53 bits per heavy atom. The van der Waals surface area contributed by atoms with Gasteiger partial charge in [0.05, 0.1) is 16.4 Å². The van der Waals surface area contributed by atoms with Crippen LogP contribution in [0.1, 0.15) is 38.1 Å². The van der Waals surface area contributed by atoms with Crippen molar-refractivity contribution < 1.29 is 0 Å².